The average Bonchev–Trinajstić information content (AvgIpc) is 1.10. The van der Waals surface area contributed by atoms with Crippen molar-refractivity contribution >= 4 is 53.5 Å². The number of nitrogens with zero attached hydrogens (tertiary/aromatic N) is 6. The largest absolute Gasteiger partial charge is 0.394 e. The van der Waals surface area contributed by atoms with Crippen LogP contribution in [0.15, 0.2) is 30.3 Å². The number of hydrogen-bond donors (Lipinski definition) is 16. The zero-order valence-corrected chi connectivity index (χ0v) is 52.1. The number of aliphatic imine (C=N–C) groups is 3. The molecule has 0 bridgehead atoms. The van der Waals surface area contributed by atoms with Gasteiger partial charge in [-0.2, -0.15) is 15.3 Å². The standard InChI is InChI=1S/C55H101N13O24/c56-55(4-1-46(75)60-7-10-81-13-16-84-19-22-87-34-37(66-57)28-63-49-25-40(72)52(78)43(31-69)90-49,5-2-47(76)61-8-11-82-14-17-85-20-23-88-35-38(67-58)29-64-50-26-41(73)53(79)44(32-70)91-50)6-3-48(77)62-9-12-83-15-18-86-21-24-89-36-39(68-59)30-65-51-27-42(74)54(80)45(33-71)92-51/h28-30,40-45,49-54,69-74,78-80H,1-27,31-36,56-59H2,(H,60,75)(H,61,76)(H,62,77)/t40-,41-,42-,43-,44-,45-,49-,50-,51-,52-,53-,54-,55?/m1/s1. The summed E-state index contributed by atoms with van der Waals surface area (Å²) in [6, 6.07) is 0. The molecular weight excluding hydrogens is 1230 g/mol. The smallest absolute Gasteiger partial charge is 0.220 e. The fraction of sp³-hybridized carbons (Fsp3) is 0.836. The SMILES string of the molecule is NN=C(C=N[C@H]1C[C@@H](O)[C@@H](O)[C@@H](CO)O1)COCCOCCOCCNC(=O)CCC(N)(CCC(=O)NCCOCCOCCOCC(C=N[C@H]1C[C@@H](O)[C@@H](O)[C@@H](CO)O1)=NN)CCC(=O)NCCOCCOCCOCC(C=N[C@H]1C[C@@H](O)[C@@H](O)[C@@H](CO)O1)=NN. The van der Waals surface area contributed by atoms with Gasteiger partial charge in [0.15, 0.2) is 18.7 Å². The lowest BCUT2D eigenvalue weighted by molar-refractivity contribution is -0.176. The van der Waals surface area contributed by atoms with Gasteiger partial charge in [-0.25, -0.2) is 0 Å². The fourth-order valence-corrected chi connectivity index (χ4v) is 8.73. The van der Waals surface area contributed by atoms with Crippen molar-refractivity contribution < 1.29 is 117 Å². The molecule has 530 valence electrons. The number of rotatable bonds is 51. The van der Waals surface area contributed by atoms with Gasteiger partial charge in [-0.05, 0) is 19.3 Å². The molecule has 92 heavy (non-hydrogen) atoms. The molecule has 3 aliphatic heterocycles. The number of aliphatic hydroxyl groups is 9. The van der Waals surface area contributed by atoms with Crippen LogP contribution < -0.4 is 39.2 Å². The Morgan fingerprint density at radius 1 is 0.413 bits per heavy atom. The van der Waals surface area contributed by atoms with Crippen LogP contribution in [0.3, 0.4) is 0 Å². The summed E-state index contributed by atoms with van der Waals surface area (Å²) >= 11 is 0. The Morgan fingerprint density at radius 2 is 0.652 bits per heavy atom. The summed E-state index contributed by atoms with van der Waals surface area (Å²) in [5, 5.41) is 107. The maximum absolute atomic E-state index is 12.9. The molecule has 3 saturated heterocycles. The Balaban J connectivity index is 1.30. The van der Waals surface area contributed by atoms with Crippen molar-refractivity contribution in [3.05, 3.63) is 0 Å². The molecule has 3 heterocycles. The molecule has 0 aromatic heterocycles. The van der Waals surface area contributed by atoms with Crippen molar-refractivity contribution in [3.8, 4) is 0 Å². The average molecular weight is 1330 g/mol. The second kappa shape index (κ2) is 49.5. The van der Waals surface area contributed by atoms with Crippen LogP contribution in [-0.4, -0.2) is 337 Å². The maximum atomic E-state index is 12.9. The summed E-state index contributed by atoms with van der Waals surface area (Å²) < 4.78 is 66.2. The lowest BCUT2D eigenvalue weighted by Gasteiger charge is -2.34. The monoisotopic (exact) mass is 1330 g/mol. The Kier molecular flexibility index (Phi) is 43.7. The summed E-state index contributed by atoms with van der Waals surface area (Å²) in [6.07, 6.45) is -7.72. The first-order valence-electron chi connectivity index (χ1n) is 30.5. The van der Waals surface area contributed by atoms with E-state index in [0.29, 0.717) is 0 Å². The second-order valence-corrected chi connectivity index (χ2v) is 21.3. The lowest BCUT2D eigenvalue weighted by atomic mass is 9.84. The molecule has 0 aromatic carbocycles. The van der Waals surface area contributed by atoms with Gasteiger partial charge < -0.3 is 142 Å². The van der Waals surface area contributed by atoms with Crippen molar-refractivity contribution in [1.29, 1.82) is 0 Å². The van der Waals surface area contributed by atoms with E-state index in [9.17, 15) is 60.3 Å². The van der Waals surface area contributed by atoms with E-state index in [0.717, 1.165) is 0 Å². The second-order valence-electron chi connectivity index (χ2n) is 21.3. The van der Waals surface area contributed by atoms with E-state index in [-0.39, 0.29) is 231 Å². The van der Waals surface area contributed by atoms with E-state index in [4.69, 9.17) is 80.1 Å². The minimum Gasteiger partial charge on any atom is -0.394 e. The van der Waals surface area contributed by atoms with Crippen molar-refractivity contribution in [3.63, 3.8) is 0 Å². The molecule has 0 aliphatic carbocycles. The first-order valence-corrected chi connectivity index (χ1v) is 30.5. The summed E-state index contributed by atoms with van der Waals surface area (Å²) in [4.78, 5) is 51.3. The van der Waals surface area contributed by atoms with Crippen LogP contribution in [0.5, 0.6) is 0 Å². The quantitative estimate of drug-likeness (QED) is 0.0116. The fourth-order valence-electron chi connectivity index (χ4n) is 8.73. The van der Waals surface area contributed by atoms with Gasteiger partial charge in [0.1, 0.15) is 53.8 Å². The Morgan fingerprint density at radius 3 is 0.891 bits per heavy atom. The third-order valence-electron chi connectivity index (χ3n) is 14.1. The molecule has 3 amide bonds. The molecule has 0 spiro atoms. The van der Waals surface area contributed by atoms with Gasteiger partial charge in [-0.3, -0.25) is 29.4 Å². The number of amides is 3. The van der Waals surface area contributed by atoms with Gasteiger partial charge in [0.2, 0.25) is 17.7 Å². The van der Waals surface area contributed by atoms with Crippen molar-refractivity contribution in [2.75, 3.05) is 158 Å². The van der Waals surface area contributed by atoms with E-state index < -0.39 is 99.0 Å². The predicted octanol–water partition coefficient (Wildman–Crippen LogP) is -7.83. The maximum Gasteiger partial charge on any atom is 0.220 e. The number of carbonyl (C=O) groups is 3. The van der Waals surface area contributed by atoms with Crippen molar-refractivity contribution in [1.82, 2.24) is 16.0 Å². The first-order chi connectivity index (χ1) is 44.5. The minimum atomic E-state index is -1.22. The van der Waals surface area contributed by atoms with Crippen molar-refractivity contribution in [2.45, 2.75) is 137 Å². The highest BCUT2D eigenvalue weighted by molar-refractivity contribution is 6.32. The number of aliphatic hydroxyl groups excluding tert-OH is 9. The summed E-state index contributed by atoms with van der Waals surface area (Å²) in [7, 11) is 0. The Bertz CT molecular complexity index is 1970. The number of carbonyl (C=O) groups excluding carboxylic acids is 3. The minimum absolute atomic E-state index is 0.0117. The van der Waals surface area contributed by atoms with Crippen molar-refractivity contribution in [2.24, 2.45) is 53.5 Å². The number of hydrogen-bond acceptors (Lipinski definition) is 34. The van der Waals surface area contributed by atoms with E-state index >= 15 is 0 Å². The summed E-state index contributed by atoms with van der Waals surface area (Å²) in [5.74, 6) is 15.4. The van der Waals surface area contributed by atoms with Gasteiger partial charge >= 0.3 is 0 Å². The van der Waals surface area contributed by atoms with Crippen LogP contribution >= 0.6 is 0 Å². The van der Waals surface area contributed by atoms with Gasteiger partial charge in [0.25, 0.3) is 0 Å². The highest BCUT2D eigenvalue weighted by atomic mass is 16.6. The predicted molar refractivity (Wildman–Crippen MR) is 328 cm³/mol. The molecule has 0 unspecified atom stereocenters. The molecule has 3 aliphatic rings. The van der Waals surface area contributed by atoms with E-state index in [1.165, 1.54) is 18.6 Å². The van der Waals surface area contributed by atoms with Gasteiger partial charge in [0.05, 0.1) is 176 Å². The van der Waals surface area contributed by atoms with Gasteiger partial charge in [-0.1, -0.05) is 0 Å². The number of hydrazone groups is 3. The molecule has 37 heteroatoms. The third-order valence-corrected chi connectivity index (χ3v) is 14.1. The van der Waals surface area contributed by atoms with Crippen LogP contribution in [0.4, 0.5) is 0 Å². The van der Waals surface area contributed by atoms with Crippen LogP contribution in [-0.2, 0) is 71.2 Å². The summed E-state index contributed by atoms with van der Waals surface area (Å²) in [5.41, 5.74) is 6.62. The van der Waals surface area contributed by atoms with E-state index in [2.05, 4.69) is 46.2 Å². The molecule has 3 rings (SSSR count). The number of ether oxygens (including phenoxy) is 12. The zero-order valence-electron chi connectivity index (χ0n) is 52.1. The zero-order chi connectivity index (χ0) is 67.2. The molecule has 0 radical (unpaired) electrons. The topological polar surface area (TPSA) is 558 Å². The highest BCUT2D eigenvalue weighted by Crippen LogP contribution is 2.25. The molecular formula is C55H101N13O24. The summed E-state index contributed by atoms with van der Waals surface area (Å²) in [6.45, 7) is 2.54. The van der Waals surface area contributed by atoms with E-state index in [1.807, 2.05) is 0 Å². The molecule has 3 fully saturated rings. The molecule has 0 aromatic rings. The first kappa shape index (κ1) is 81.2. The van der Waals surface area contributed by atoms with Crippen LogP contribution in [0.1, 0.15) is 57.8 Å². The Labute approximate surface area is 534 Å². The number of nitrogens with two attached hydrogens (primary N) is 4. The highest BCUT2D eigenvalue weighted by Gasteiger charge is 2.38. The van der Waals surface area contributed by atoms with Gasteiger partial charge in [0, 0.05) is 63.7 Å². The third kappa shape index (κ3) is 35.5. The lowest BCUT2D eigenvalue weighted by Crippen LogP contribution is -2.49. The molecule has 12 atom stereocenters. The van der Waals surface area contributed by atoms with Gasteiger partial charge in [-0.15, -0.1) is 0 Å². The van der Waals surface area contributed by atoms with E-state index in [1.54, 1.807) is 0 Å². The molecule has 37 nitrogen and oxygen atoms in total. The normalized spacial score (nSPS) is 25.8. The van der Waals surface area contributed by atoms with Crippen LogP contribution in [0.25, 0.3) is 0 Å². The number of nitrogens with one attached hydrogen (secondary N) is 3. The van der Waals surface area contributed by atoms with Crippen LogP contribution in [0.2, 0.25) is 0 Å². The van der Waals surface area contributed by atoms with Crippen LogP contribution in [0, 0.1) is 0 Å². The molecule has 20 N–H and O–H groups in total. The Hall–Kier alpha value is -5.05. The molecule has 0 saturated carbocycles.